The van der Waals surface area contributed by atoms with E-state index < -0.39 is 0 Å². The predicted octanol–water partition coefficient (Wildman–Crippen LogP) is 4.36. The highest BCUT2D eigenvalue weighted by atomic mass is 35.5. The highest BCUT2D eigenvalue weighted by Crippen LogP contribution is 2.15. The van der Waals surface area contributed by atoms with Gasteiger partial charge in [-0.15, -0.1) is 0 Å². The van der Waals surface area contributed by atoms with Gasteiger partial charge in [-0.1, -0.05) is 23.7 Å². The Morgan fingerprint density at radius 1 is 0.862 bits per heavy atom. The predicted molar refractivity (Wildman–Crippen MR) is 114 cm³/mol. The third kappa shape index (κ3) is 5.67. The molecule has 146 valence electrons. The van der Waals surface area contributed by atoms with Crippen molar-refractivity contribution in [1.82, 2.24) is 5.43 Å². The third-order valence-electron chi connectivity index (χ3n) is 4.01. The number of carbonyl (C=O) groups excluding carboxylic acids is 2. The van der Waals surface area contributed by atoms with Crippen LogP contribution in [0.2, 0.25) is 5.02 Å². The molecule has 0 bridgehead atoms. The number of benzene rings is 3. The molecule has 2 N–H and O–H groups in total. The Morgan fingerprint density at radius 3 is 2.07 bits per heavy atom. The van der Waals surface area contributed by atoms with Crippen LogP contribution < -0.4 is 15.5 Å². The van der Waals surface area contributed by atoms with Crippen LogP contribution in [0.5, 0.6) is 5.75 Å². The standard InChI is InChI=1S/C22H18ClN3O3/c1-29-20-12-6-16(7-13-20)21(27)25-19-10-4-17(5-11-19)22(28)26-24-14-15-2-8-18(23)9-3-15/h2-14H,1H3,(H,25,27)(H,26,28)/b24-14-. The van der Waals surface area contributed by atoms with E-state index in [0.29, 0.717) is 27.6 Å². The van der Waals surface area contributed by atoms with Gasteiger partial charge in [0.1, 0.15) is 5.75 Å². The van der Waals surface area contributed by atoms with Crippen molar-refractivity contribution in [3.63, 3.8) is 0 Å². The lowest BCUT2D eigenvalue weighted by Gasteiger charge is -2.07. The van der Waals surface area contributed by atoms with Gasteiger partial charge in [-0.2, -0.15) is 5.10 Å². The van der Waals surface area contributed by atoms with Crippen molar-refractivity contribution in [2.45, 2.75) is 0 Å². The number of halogens is 1. The molecule has 6 nitrogen and oxygen atoms in total. The molecule has 3 rings (SSSR count). The van der Waals surface area contributed by atoms with Crippen LogP contribution in [0.1, 0.15) is 26.3 Å². The third-order valence-corrected chi connectivity index (χ3v) is 4.26. The van der Waals surface area contributed by atoms with Gasteiger partial charge in [-0.05, 0) is 66.2 Å². The topological polar surface area (TPSA) is 79.8 Å². The van der Waals surface area contributed by atoms with Crippen LogP contribution in [0.4, 0.5) is 5.69 Å². The highest BCUT2D eigenvalue weighted by Gasteiger charge is 2.08. The van der Waals surface area contributed by atoms with Crippen LogP contribution in [0.15, 0.2) is 77.9 Å². The molecule has 3 aromatic rings. The number of ether oxygens (including phenoxy) is 1. The minimum atomic E-state index is -0.358. The molecule has 0 saturated carbocycles. The SMILES string of the molecule is COc1ccc(C(=O)Nc2ccc(C(=O)N/N=C\c3ccc(Cl)cc3)cc2)cc1. The summed E-state index contributed by atoms with van der Waals surface area (Å²) < 4.78 is 5.08. The average molecular weight is 408 g/mol. The van der Waals surface area contributed by atoms with E-state index in [-0.39, 0.29) is 11.8 Å². The number of methoxy groups -OCH3 is 1. The molecule has 0 atom stereocenters. The fourth-order valence-electron chi connectivity index (χ4n) is 2.43. The van der Waals surface area contributed by atoms with E-state index in [1.165, 1.54) is 6.21 Å². The van der Waals surface area contributed by atoms with Crippen molar-refractivity contribution in [3.05, 3.63) is 94.5 Å². The molecule has 2 amide bonds. The van der Waals surface area contributed by atoms with Crippen molar-refractivity contribution >= 4 is 35.3 Å². The molecule has 0 saturated heterocycles. The summed E-state index contributed by atoms with van der Waals surface area (Å²) in [4.78, 5) is 24.4. The average Bonchev–Trinajstić information content (AvgIpc) is 2.75. The molecule has 0 aromatic heterocycles. The number of nitrogens with zero attached hydrogens (tertiary/aromatic N) is 1. The zero-order valence-electron chi connectivity index (χ0n) is 15.6. The Labute approximate surface area is 173 Å². The largest absolute Gasteiger partial charge is 0.497 e. The lowest BCUT2D eigenvalue weighted by molar-refractivity contribution is 0.0954. The number of hydrogen-bond acceptors (Lipinski definition) is 4. The van der Waals surface area contributed by atoms with Gasteiger partial charge in [0, 0.05) is 21.8 Å². The van der Waals surface area contributed by atoms with Crippen molar-refractivity contribution in [2.75, 3.05) is 12.4 Å². The quantitative estimate of drug-likeness (QED) is 0.470. The van der Waals surface area contributed by atoms with Crippen LogP contribution in [0.3, 0.4) is 0 Å². The fraction of sp³-hybridized carbons (Fsp3) is 0.0455. The Kier molecular flexibility index (Phi) is 6.60. The molecule has 0 aliphatic heterocycles. The first-order chi connectivity index (χ1) is 14.0. The van der Waals surface area contributed by atoms with Gasteiger partial charge in [0.25, 0.3) is 11.8 Å². The van der Waals surface area contributed by atoms with Crippen LogP contribution >= 0.6 is 11.6 Å². The molecule has 3 aromatic carbocycles. The van der Waals surface area contributed by atoms with E-state index in [4.69, 9.17) is 16.3 Å². The zero-order chi connectivity index (χ0) is 20.6. The number of rotatable bonds is 6. The first-order valence-corrected chi connectivity index (χ1v) is 9.07. The van der Waals surface area contributed by atoms with Gasteiger partial charge < -0.3 is 10.1 Å². The summed E-state index contributed by atoms with van der Waals surface area (Å²) >= 11 is 5.82. The van der Waals surface area contributed by atoms with Gasteiger partial charge >= 0.3 is 0 Å². The van der Waals surface area contributed by atoms with Crippen LogP contribution in [0, 0.1) is 0 Å². The summed E-state index contributed by atoms with van der Waals surface area (Å²) in [7, 11) is 1.57. The molecular weight excluding hydrogens is 390 g/mol. The second kappa shape index (κ2) is 9.52. The van der Waals surface area contributed by atoms with Crippen LogP contribution in [-0.2, 0) is 0 Å². The molecule has 0 radical (unpaired) electrons. The zero-order valence-corrected chi connectivity index (χ0v) is 16.3. The van der Waals surface area contributed by atoms with E-state index in [1.54, 1.807) is 79.9 Å². The molecule has 0 aliphatic rings. The Hall–Kier alpha value is -3.64. The smallest absolute Gasteiger partial charge is 0.271 e. The van der Waals surface area contributed by atoms with E-state index in [1.807, 2.05) is 0 Å². The molecule has 0 fully saturated rings. The number of nitrogens with one attached hydrogen (secondary N) is 2. The summed E-state index contributed by atoms with van der Waals surface area (Å²) in [5.41, 5.74) is 4.77. The normalized spacial score (nSPS) is 10.6. The maximum atomic E-state index is 12.3. The van der Waals surface area contributed by atoms with E-state index in [0.717, 1.165) is 5.56 Å². The number of carbonyl (C=O) groups is 2. The number of anilines is 1. The van der Waals surface area contributed by atoms with Gasteiger partial charge in [-0.25, -0.2) is 5.43 Å². The Bertz CT molecular complexity index is 1010. The lowest BCUT2D eigenvalue weighted by atomic mass is 10.1. The van der Waals surface area contributed by atoms with E-state index in [9.17, 15) is 9.59 Å². The molecular formula is C22H18ClN3O3. The van der Waals surface area contributed by atoms with E-state index >= 15 is 0 Å². The van der Waals surface area contributed by atoms with Crippen LogP contribution in [-0.4, -0.2) is 25.1 Å². The highest BCUT2D eigenvalue weighted by molar-refractivity contribution is 6.30. The maximum absolute atomic E-state index is 12.3. The molecule has 0 aliphatic carbocycles. The summed E-state index contributed by atoms with van der Waals surface area (Å²) in [5.74, 6) is 0.0660. The maximum Gasteiger partial charge on any atom is 0.271 e. The number of hydrogen-bond donors (Lipinski definition) is 2. The molecule has 0 spiro atoms. The molecule has 29 heavy (non-hydrogen) atoms. The van der Waals surface area contributed by atoms with E-state index in [2.05, 4.69) is 15.8 Å². The summed E-state index contributed by atoms with van der Waals surface area (Å²) in [5, 5.41) is 7.33. The first-order valence-electron chi connectivity index (χ1n) is 8.69. The van der Waals surface area contributed by atoms with Crippen molar-refractivity contribution < 1.29 is 14.3 Å². The number of hydrazone groups is 1. The Morgan fingerprint density at radius 2 is 1.45 bits per heavy atom. The molecule has 7 heteroatoms. The molecule has 0 heterocycles. The van der Waals surface area contributed by atoms with Gasteiger partial charge in [0.05, 0.1) is 13.3 Å². The van der Waals surface area contributed by atoms with Crippen molar-refractivity contribution in [1.29, 1.82) is 0 Å². The summed E-state index contributed by atoms with van der Waals surface area (Å²) in [6.07, 6.45) is 1.53. The minimum Gasteiger partial charge on any atom is -0.497 e. The van der Waals surface area contributed by atoms with Gasteiger partial charge in [0.15, 0.2) is 0 Å². The monoisotopic (exact) mass is 407 g/mol. The summed E-state index contributed by atoms with van der Waals surface area (Å²) in [6, 6.07) is 20.4. The summed E-state index contributed by atoms with van der Waals surface area (Å²) in [6.45, 7) is 0. The minimum absolute atomic E-state index is 0.252. The van der Waals surface area contributed by atoms with Crippen LogP contribution in [0.25, 0.3) is 0 Å². The van der Waals surface area contributed by atoms with Gasteiger partial charge in [-0.3, -0.25) is 9.59 Å². The first kappa shape index (κ1) is 20.1. The second-order valence-corrected chi connectivity index (χ2v) is 6.45. The number of amides is 2. The fourth-order valence-corrected chi connectivity index (χ4v) is 2.56. The van der Waals surface area contributed by atoms with Crippen molar-refractivity contribution in [2.24, 2.45) is 5.10 Å². The lowest BCUT2D eigenvalue weighted by Crippen LogP contribution is -2.17. The molecule has 0 unspecified atom stereocenters. The Balaban J connectivity index is 1.56. The second-order valence-electron chi connectivity index (χ2n) is 6.01. The van der Waals surface area contributed by atoms with Gasteiger partial charge in [0.2, 0.25) is 0 Å². The van der Waals surface area contributed by atoms with Crippen molar-refractivity contribution in [3.8, 4) is 5.75 Å².